The van der Waals surface area contributed by atoms with Gasteiger partial charge in [0, 0.05) is 17.6 Å². The number of anilines is 1. The average molecular weight is 257 g/mol. The third-order valence-corrected chi connectivity index (χ3v) is 3.17. The molecule has 100 valence electrons. The minimum atomic E-state index is -0.0929. The van der Waals surface area contributed by atoms with Crippen molar-refractivity contribution in [2.45, 2.75) is 32.7 Å². The largest absolute Gasteiger partial charge is 0.383 e. The standard InChI is InChI=1S/C15H19N3O/c1-3-6-10(2)18-15(19)13-9-17-14(16)12-8-5-4-7-11(12)13/h4-5,7-10H,3,6H2,1-2H3,(H2,16,17)(H,18,19). The molecule has 0 spiro atoms. The molecule has 0 aliphatic carbocycles. The first-order valence-electron chi connectivity index (χ1n) is 6.57. The molecule has 19 heavy (non-hydrogen) atoms. The molecule has 0 aliphatic heterocycles. The minimum absolute atomic E-state index is 0.0929. The summed E-state index contributed by atoms with van der Waals surface area (Å²) in [6.45, 7) is 4.11. The molecule has 2 aromatic rings. The van der Waals surface area contributed by atoms with Gasteiger partial charge >= 0.3 is 0 Å². The summed E-state index contributed by atoms with van der Waals surface area (Å²) < 4.78 is 0. The molecule has 3 N–H and O–H groups in total. The van der Waals surface area contributed by atoms with Gasteiger partial charge in [0.1, 0.15) is 5.82 Å². The molecule has 1 heterocycles. The summed E-state index contributed by atoms with van der Waals surface area (Å²) in [5.74, 6) is 0.360. The van der Waals surface area contributed by atoms with Gasteiger partial charge in [-0.2, -0.15) is 0 Å². The third-order valence-electron chi connectivity index (χ3n) is 3.17. The highest BCUT2D eigenvalue weighted by molar-refractivity contribution is 6.09. The van der Waals surface area contributed by atoms with Gasteiger partial charge in [-0.3, -0.25) is 4.79 Å². The Morgan fingerprint density at radius 1 is 1.37 bits per heavy atom. The van der Waals surface area contributed by atoms with Crippen LogP contribution in [-0.2, 0) is 0 Å². The summed E-state index contributed by atoms with van der Waals surface area (Å²) in [6, 6.07) is 7.72. The maximum Gasteiger partial charge on any atom is 0.253 e. The van der Waals surface area contributed by atoms with Gasteiger partial charge in [-0.1, -0.05) is 37.6 Å². The van der Waals surface area contributed by atoms with Gasteiger partial charge in [0.05, 0.1) is 5.56 Å². The van der Waals surface area contributed by atoms with E-state index in [-0.39, 0.29) is 11.9 Å². The van der Waals surface area contributed by atoms with E-state index in [9.17, 15) is 4.79 Å². The monoisotopic (exact) mass is 257 g/mol. The topological polar surface area (TPSA) is 68.0 Å². The van der Waals surface area contributed by atoms with E-state index in [4.69, 9.17) is 5.73 Å². The number of nitrogens with one attached hydrogen (secondary N) is 1. The summed E-state index contributed by atoms with van der Waals surface area (Å²) in [7, 11) is 0. The number of carbonyl (C=O) groups is 1. The van der Waals surface area contributed by atoms with E-state index < -0.39 is 0 Å². The first-order chi connectivity index (χ1) is 9.13. The van der Waals surface area contributed by atoms with Crippen LogP contribution in [0.15, 0.2) is 30.5 Å². The van der Waals surface area contributed by atoms with Gasteiger partial charge in [-0.15, -0.1) is 0 Å². The second-order valence-corrected chi connectivity index (χ2v) is 4.77. The predicted molar refractivity (Wildman–Crippen MR) is 78.0 cm³/mol. The SMILES string of the molecule is CCCC(C)NC(=O)c1cnc(N)c2ccccc12. The Morgan fingerprint density at radius 3 is 2.74 bits per heavy atom. The number of amides is 1. The van der Waals surface area contributed by atoms with Gasteiger partial charge in [-0.25, -0.2) is 4.98 Å². The molecule has 0 fully saturated rings. The van der Waals surface area contributed by atoms with Crippen molar-refractivity contribution in [3.05, 3.63) is 36.0 Å². The number of fused-ring (bicyclic) bond motifs is 1. The van der Waals surface area contributed by atoms with E-state index >= 15 is 0 Å². The molecule has 4 nitrogen and oxygen atoms in total. The highest BCUT2D eigenvalue weighted by atomic mass is 16.1. The number of nitrogens with zero attached hydrogens (tertiary/aromatic N) is 1. The molecule has 1 aromatic carbocycles. The Balaban J connectivity index is 2.35. The Morgan fingerprint density at radius 2 is 2.05 bits per heavy atom. The smallest absolute Gasteiger partial charge is 0.253 e. The fraction of sp³-hybridized carbons (Fsp3) is 0.333. The molecular formula is C15H19N3O. The third kappa shape index (κ3) is 2.84. The molecule has 0 saturated carbocycles. The van der Waals surface area contributed by atoms with Crippen molar-refractivity contribution < 1.29 is 4.79 Å². The van der Waals surface area contributed by atoms with Crippen LogP contribution in [0.4, 0.5) is 5.82 Å². The Labute approximate surface area is 113 Å². The molecule has 0 bridgehead atoms. The molecule has 1 unspecified atom stereocenters. The number of pyridine rings is 1. The van der Waals surface area contributed by atoms with Crippen molar-refractivity contribution in [2.75, 3.05) is 5.73 Å². The van der Waals surface area contributed by atoms with Crippen LogP contribution >= 0.6 is 0 Å². The Bertz CT molecular complexity index is 595. The van der Waals surface area contributed by atoms with E-state index in [2.05, 4.69) is 17.2 Å². The number of hydrogen-bond acceptors (Lipinski definition) is 3. The zero-order valence-corrected chi connectivity index (χ0v) is 11.3. The maximum absolute atomic E-state index is 12.3. The van der Waals surface area contributed by atoms with Crippen LogP contribution in [0.2, 0.25) is 0 Å². The minimum Gasteiger partial charge on any atom is -0.383 e. The van der Waals surface area contributed by atoms with Crippen molar-refractivity contribution in [2.24, 2.45) is 0 Å². The van der Waals surface area contributed by atoms with Gasteiger partial charge in [0.2, 0.25) is 0 Å². The molecule has 0 aliphatic rings. The summed E-state index contributed by atoms with van der Waals surface area (Å²) in [5, 5.41) is 4.65. The van der Waals surface area contributed by atoms with Crippen molar-refractivity contribution in [3.63, 3.8) is 0 Å². The van der Waals surface area contributed by atoms with Crippen LogP contribution in [0.3, 0.4) is 0 Å². The second-order valence-electron chi connectivity index (χ2n) is 4.77. The van der Waals surface area contributed by atoms with Gasteiger partial charge in [-0.05, 0) is 18.7 Å². The first-order valence-corrected chi connectivity index (χ1v) is 6.57. The highest BCUT2D eigenvalue weighted by Crippen LogP contribution is 2.22. The lowest BCUT2D eigenvalue weighted by molar-refractivity contribution is 0.0939. The maximum atomic E-state index is 12.3. The summed E-state index contributed by atoms with van der Waals surface area (Å²) >= 11 is 0. The molecule has 1 amide bonds. The number of nitrogen functional groups attached to an aromatic ring is 1. The predicted octanol–water partition coefficient (Wildman–Crippen LogP) is 2.74. The van der Waals surface area contributed by atoms with E-state index in [1.165, 1.54) is 0 Å². The van der Waals surface area contributed by atoms with E-state index in [1.807, 2.05) is 31.2 Å². The van der Waals surface area contributed by atoms with Crippen LogP contribution in [-0.4, -0.2) is 16.9 Å². The van der Waals surface area contributed by atoms with Crippen molar-refractivity contribution in [3.8, 4) is 0 Å². The summed E-state index contributed by atoms with van der Waals surface area (Å²) in [5.41, 5.74) is 6.41. The lowest BCUT2D eigenvalue weighted by atomic mass is 10.1. The number of rotatable bonds is 4. The van der Waals surface area contributed by atoms with E-state index in [0.29, 0.717) is 11.4 Å². The van der Waals surface area contributed by atoms with E-state index in [1.54, 1.807) is 6.20 Å². The number of aromatic nitrogens is 1. The number of benzene rings is 1. The Kier molecular flexibility index (Phi) is 4.00. The second kappa shape index (κ2) is 5.69. The van der Waals surface area contributed by atoms with Crippen LogP contribution < -0.4 is 11.1 Å². The van der Waals surface area contributed by atoms with Crippen LogP contribution in [0.25, 0.3) is 10.8 Å². The zero-order chi connectivity index (χ0) is 13.8. The van der Waals surface area contributed by atoms with Crippen LogP contribution in [0, 0.1) is 0 Å². The number of nitrogens with two attached hydrogens (primary N) is 1. The Hall–Kier alpha value is -2.10. The number of carbonyl (C=O) groups excluding carboxylic acids is 1. The molecule has 1 atom stereocenters. The van der Waals surface area contributed by atoms with E-state index in [0.717, 1.165) is 23.6 Å². The average Bonchev–Trinajstić information content (AvgIpc) is 2.39. The first kappa shape index (κ1) is 13.3. The van der Waals surface area contributed by atoms with Gasteiger partial charge < -0.3 is 11.1 Å². The fourth-order valence-electron chi connectivity index (χ4n) is 2.20. The van der Waals surface area contributed by atoms with Crippen LogP contribution in [0.5, 0.6) is 0 Å². The van der Waals surface area contributed by atoms with Gasteiger partial charge in [0.25, 0.3) is 5.91 Å². The van der Waals surface area contributed by atoms with Crippen molar-refractivity contribution in [1.82, 2.24) is 10.3 Å². The molecule has 0 saturated heterocycles. The lowest BCUT2D eigenvalue weighted by Gasteiger charge is -2.14. The quantitative estimate of drug-likeness (QED) is 0.885. The van der Waals surface area contributed by atoms with Crippen molar-refractivity contribution in [1.29, 1.82) is 0 Å². The normalized spacial score (nSPS) is 12.3. The highest BCUT2D eigenvalue weighted by Gasteiger charge is 2.14. The van der Waals surface area contributed by atoms with Crippen molar-refractivity contribution >= 4 is 22.5 Å². The molecular weight excluding hydrogens is 238 g/mol. The van der Waals surface area contributed by atoms with Gasteiger partial charge in [0.15, 0.2) is 0 Å². The molecule has 0 radical (unpaired) electrons. The zero-order valence-electron chi connectivity index (χ0n) is 11.3. The fourth-order valence-corrected chi connectivity index (χ4v) is 2.20. The molecule has 4 heteroatoms. The lowest BCUT2D eigenvalue weighted by Crippen LogP contribution is -2.32. The molecule has 2 rings (SSSR count). The summed E-state index contributed by atoms with van der Waals surface area (Å²) in [4.78, 5) is 16.4. The number of hydrogen-bond donors (Lipinski definition) is 2. The molecule has 1 aromatic heterocycles. The van der Waals surface area contributed by atoms with Crippen LogP contribution in [0.1, 0.15) is 37.0 Å². The summed E-state index contributed by atoms with van der Waals surface area (Å²) in [6.07, 6.45) is 3.56.